The SMILES string of the molecule is CCNc1cc(C(=O)NC(C)C2CCOC2)c(Cl)cn1. The van der Waals surface area contributed by atoms with E-state index in [0.29, 0.717) is 28.9 Å². The Hall–Kier alpha value is -1.33. The fourth-order valence-electron chi connectivity index (χ4n) is 2.24. The second-order valence-corrected chi connectivity index (χ2v) is 5.37. The summed E-state index contributed by atoms with van der Waals surface area (Å²) in [6.07, 6.45) is 2.48. The zero-order chi connectivity index (χ0) is 14.5. The lowest BCUT2D eigenvalue weighted by Crippen LogP contribution is -2.38. The molecule has 2 unspecified atom stereocenters. The standard InChI is InChI=1S/C14H20ClN3O2/c1-3-16-13-6-11(12(15)7-17-13)14(19)18-9(2)10-4-5-20-8-10/h6-7,9-10H,3-5,8H2,1-2H3,(H,16,17)(H,18,19). The number of nitrogens with zero attached hydrogens (tertiary/aromatic N) is 1. The molecule has 0 aromatic carbocycles. The maximum Gasteiger partial charge on any atom is 0.253 e. The van der Waals surface area contributed by atoms with E-state index in [-0.39, 0.29) is 11.9 Å². The van der Waals surface area contributed by atoms with E-state index in [1.807, 2.05) is 13.8 Å². The van der Waals surface area contributed by atoms with Crippen molar-refractivity contribution in [1.29, 1.82) is 0 Å². The molecule has 0 saturated carbocycles. The van der Waals surface area contributed by atoms with Gasteiger partial charge in [-0.05, 0) is 26.3 Å². The minimum absolute atomic E-state index is 0.0665. The van der Waals surface area contributed by atoms with Crippen LogP contribution < -0.4 is 10.6 Å². The molecular weight excluding hydrogens is 278 g/mol. The Morgan fingerprint density at radius 1 is 1.65 bits per heavy atom. The van der Waals surface area contributed by atoms with Crippen LogP contribution in [0.1, 0.15) is 30.6 Å². The maximum atomic E-state index is 12.3. The molecule has 6 heteroatoms. The first-order chi connectivity index (χ1) is 9.61. The predicted molar refractivity (Wildman–Crippen MR) is 79.3 cm³/mol. The van der Waals surface area contributed by atoms with Gasteiger partial charge in [0, 0.05) is 31.3 Å². The van der Waals surface area contributed by atoms with E-state index in [4.69, 9.17) is 16.3 Å². The van der Waals surface area contributed by atoms with E-state index < -0.39 is 0 Å². The smallest absolute Gasteiger partial charge is 0.253 e. The summed E-state index contributed by atoms with van der Waals surface area (Å²) in [7, 11) is 0. The van der Waals surface area contributed by atoms with Crippen LogP contribution in [0.2, 0.25) is 5.02 Å². The van der Waals surface area contributed by atoms with Gasteiger partial charge in [-0.25, -0.2) is 4.98 Å². The van der Waals surface area contributed by atoms with Crippen molar-refractivity contribution in [3.8, 4) is 0 Å². The second-order valence-electron chi connectivity index (χ2n) is 4.97. The number of hydrogen-bond acceptors (Lipinski definition) is 4. The van der Waals surface area contributed by atoms with Gasteiger partial charge >= 0.3 is 0 Å². The van der Waals surface area contributed by atoms with Crippen molar-refractivity contribution in [3.63, 3.8) is 0 Å². The molecule has 0 radical (unpaired) electrons. The van der Waals surface area contributed by atoms with Gasteiger partial charge in [0.1, 0.15) is 5.82 Å². The lowest BCUT2D eigenvalue weighted by atomic mass is 10.0. The molecule has 5 nitrogen and oxygen atoms in total. The lowest BCUT2D eigenvalue weighted by molar-refractivity contribution is 0.0922. The van der Waals surface area contributed by atoms with Crippen LogP contribution in [0.5, 0.6) is 0 Å². The molecule has 0 bridgehead atoms. The Bertz CT molecular complexity index is 475. The summed E-state index contributed by atoms with van der Waals surface area (Å²) in [5.41, 5.74) is 0.448. The van der Waals surface area contributed by atoms with E-state index >= 15 is 0 Å². The lowest BCUT2D eigenvalue weighted by Gasteiger charge is -2.19. The number of ether oxygens (including phenoxy) is 1. The molecule has 2 N–H and O–H groups in total. The van der Waals surface area contributed by atoms with Gasteiger partial charge in [0.15, 0.2) is 0 Å². The van der Waals surface area contributed by atoms with Gasteiger partial charge in [0.05, 0.1) is 17.2 Å². The largest absolute Gasteiger partial charge is 0.381 e. The summed E-state index contributed by atoms with van der Waals surface area (Å²) in [4.78, 5) is 16.4. The number of amides is 1. The number of aromatic nitrogens is 1. The highest BCUT2D eigenvalue weighted by Crippen LogP contribution is 2.20. The molecule has 0 aliphatic carbocycles. The number of anilines is 1. The van der Waals surface area contributed by atoms with E-state index in [0.717, 1.165) is 19.6 Å². The van der Waals surface area contributed by atoms with Crippen molar-refractivity contribution >= 4 is 23.3 Å². The van der Waals surface area contributed by atoms with Gasteiger partial charge in [-0.2, -0.15) is 0 Å². The molecule has 110 valence electrons. The second kappa shape index (κ2) is 6.90. The average molecular weight is 298 g/mol. The molecule has 1 fully saturated rings. The maximum absolute atomic E-state index is 12.3. The molecule has 2 atom stereocenters. The van der Waals surface area contributed by atoms with Gasteiger partial charge in [-0.1, -0.05) is 11.6 Å². The predicted octanol–water partition coefficient (Wildman–Crippen LogP) is 2.32. The number of rotatable bonds is 5. The van der Waals surface area contributed by atoms with Gasteiger partial charge in [0.2, 0.25) is 0 Å². The quantitative estimate of drug-likeness (QED) is 0.875. The van der Waals surface area contributed by atoms with Crippen molar-refractivity contribution in [2.45, 2.75) is 26.3 Å². The Balaban J connectivity index is 2.05. The van der Waals surface area contributed by atoms with Crippen molar-refractivity contribution in [3.05, 3.63) is 22.8 Å². The third-order valence-corrected chi connectivity index (χ3v) is 3.79. The fraction of sp³-hybridized carbons (Fsp3) is 0.571. The van der Waals surface area contributed by atoms with Crippen LogP contribution in [0.4, 0.5) is 5.82 Å². The van der Waals surface area contributed by atoms with Crippen molar-refractivity contribution in [1.82, 2.24) is 10.3 Å². The first-order valence-electron chi connectivity index (χ1n) is 6.89. The van der Waals surface area contributed by atoms with Crippen LogP contribution in [0.15, 0.2) is 12.3 Å². The van der Waals surface area contributed by atoms with Gasteiger partial charge in [-0.15, -0.1) is 0 Å². The molecule has 1 saturated heterocycles. The number of carbonyl (C=O) groups is 1. The summed E-state index contributed by atoms with van der Waals surface area (Å²) in [5, 5.41) is 6.42. The van der Waals surface area contributed by atoms with Crippen LogP contribution in [-0.4, -0.2) is 36.7 Å². The Kier molecular flexibility index (Phi) is 5.20. The van der Waals surface area contributed by atoms with E-state index in [2.05, 4.69) is 15.6 Å². The topological polar surface area (TPSA) is 63.2 Å². The average Bonchev–Trinajstić information content (AvgIpc) is 2.95. The van der Waals surface area contributed by atoms with E-state index in [9.17, 15) is 4.79 Å². The Morgan fingerprint density at radius 3 is 3.10 bits per heavy atom. The minimum atomic E-state index is -0.170. The van der Waals surface area contributed by atoms with Crippen LogP contribution in [0, 0.1) is 5.92 Å². The van der Waals surface area contributed by atoms with Crippen molar-refractivity contribution in [2.24, 2.45) is 5.92 Å². The van der Waals surface area contributed by atoms with Crippen molar-refractivity contribution in [2.75, 3.05) is 25.1 Å². The Morgan fingerprint density at radius 2 is 2.45 bits per heavy atom. The normalized spacial score (nSPS) is 19.6. The zero-order valence-electron chi connectivity index (χ0n) is 11.8. The van der Waals surface area contributed by atoms with Crippen LogP contribution >= 0.6 is 11.6 Å². The molecule has 1 aromatic heterocycles. The van der Waals surface area contributed by atoms with Crippen LogP contribution in [0.25, 0.3) is 0 Å². The number of hydrogen-bond donors (Lipinski definition) is 2. The highest BCUT2D eigenvalue weighted by atomic mass is 35.5. The molecule has 0 spiro atoms. The number of halogens is 1. The van der Waals surface area contributed by atoms with Gasteiger partial charge in [-0.3, -0.25) is 4.79 Å². The van der Waals surface area contributed by atoms with Gasteiger partial charge in [0.25, 0.3) is 5.91 Å². The van der Waals surface area contributed by atoms with Gasteiger partial charge < -0.3 is 15.4 Å². The Labute approximate surface area is 124 Å². The van der Waals surface area contributed by atoms with Crippen LogP contribution in [-0.2, 0) is 4.74 Å². The zero-order valence-corrected chi connectivity index (χ0v) is 12.5. The molecule has 2 heterocycles. The highest BCUT2D eigenvalue weighted by Gasteiger charge is 2.24. The first-order valence-corrected chi connectivity index (χ1v) is 7.27. The van der Waals surface area contributed by atoms with Crippen LogP contribution in [0.3, 0.4) is 0 Å². The summed E-state index contributed by atoms with van der Waals surface area (Å²) in [6, 6.07) is 1.75. The molecule has 20 heavy (non-hydrogen) atoms. The van der Waals surface area contributed by atoms with E-state index in [1.54, 1.807) is 6.07 Å². The third kappa shape index (κ3) is 3.61. The van der Waals surface area contributed by atoms with E-state index in [1.165, 1.54) is 6.20 Å². The molecular formula is C14H20ClN3O2. The molecule has 1 amide bonds. The number of carbonyl (C=O) groups excluding carboxylic acids is 1. The number of nitrogens with one attached hydrogen (secondary N) is 2. The summed E-state index contributed by atoms with van der Waals surface area (Å²) >= 11 is 6.06. The summed E-state index contributed by atoms with van der Waals surface area (Å²) in [5.74, 6) is 0.850. The molecule has 1 aromatic rings. The molecule has 1 aliphatic rings. The third-order valence-electron chi connectivity index (χ3n) is 3.49. The van der Waals surface area contributed by atoms with Crippen molar-refractivity contribution < 1.29 is 9.53 Å². The fourth-order valence-corrected chi connectivity index (χ4v) is 2.43. The highest BCUT2D eigenvalue weighted by molar-refractivity contribution is 6.33. The number of pyridine rings is 1. The summed E-state index contributed by atoms with van der Waals surface area (Å²) in [6.45, 7) is 6.18. The summed E-state index contributed by atoms with van der Waals surface area (Å²) < 4.78 is 5.34. The molecule has 2 rings (SSSR count). The first kappa shape index (κ1) is 15.1. The molecule has 1 aliphatic heterocycles. The minimum Gasteiger partial charge on any atom is -0.381 e. The monoisotopic (exact) mass is 297 g/mol.